The Kier molecular flexibility index (Phi) is 3.32. The summed E-state index contributed by atoms with van der Waals surface area (Å²) in [4.78, 5) is 39.6. The molecule has 0 radical (unpaired) electrons. The third kappa shape index (κ3) is 2.20. The Morgan fingerprint density at radius 2 is 2.00 bits per heavy atom. The highest BCUT2D eigenvalue weighted by Gasteiger charge is 2.42. The lowest BCUT2D eigenvalue weighted by Gasteiger charge is -2.33. The molecule has 0 bridgehead atoms. The number of carbonyl (C=O) groups is 3. The molecule has 0 spiro atoms. The van der Waals surface area contributed by atoms with E-state index in [1.165, 1.54) is 12.4 Å². The van der Waals surface area contributed by atoms with Crippen LogP contribution in [0.5, 0.6) is 0 Å². The molecule has 1 N–H and O–H groups in total. The lowest BCUT2D eigenvalue weighted by molar-refractivity contribution is -0.150. The molecule has 2 heterocycles. The van der Waals surface area contributed by atoms with Gasteiger partial charge in [-0.15, -0.1) is 0 Å². The number of benzene rings is 1. The molecule has 1 saturated heterocycles. The van der Waals surface area contributed by atoms with Crippen LogP contribution in [0.3, 0.4) is 0 Å². The topological polar surface area (TPSA) is 69.7 Å². The molecule has 1 atom stereocenters. The van der Waals surface area contributed by atoms with Crippen LogP contribution in [0.15, 0.2) is 6.07 Å². The Morgan fingerprint density at radius 1 is 1.30 bits per heavy atom. The smallest absolute Gasteiger partial charge is 0.255 e. The number of aryl methyl sites for hydroxylation is 1. The van der Waals surface area contributed by atoms with E-state index in [2.05, 4.69) is 0 Å². The van der Waals surface area contributed by atoms with Gasteiger partial charge in [-0.3, -0.25) is 19.3 Å². The Labute approximate surface area is 136 Å². The second-order valence-corrected chi connectivity index (χ2v) is 6.20. The molecule has 0 aliphatic carbocycles. The summed E-state index contributed by atoms with van der Waals surface area (Å²) in [5, 5.41) is 1.27. The number of carbonyl (C=O) groups excluding carboxylic acids is 3. The van der Waals surface area contributed by atoms with Crippen LogP contribution >= 0.6 is 0 Å². The van der Waals surface area contributed by atoms with Gasteiger partial charge in [0.25, 0.3) is 11.8 Å². The minimum Gasteiger partial charge on any atom is -0.388 e. The molecule has 23 heavy (non-hydrogen) atoms. The van der Waals surface area contributed by atoms with Crippen molar-refractivity contribution in [2.45, 2.75) is 39.3 Å². The molecular weight excluding hydrogens is 294 g/mol. The van der Waals surface area contributed by atoms with Crippen molar-refractivity contribution in [1.82, 2.24) is 9.80 Å². The fourth-order valence-electron chi connectivity index (χ4n) is 3.44. The van der Waals surface area contributed by atoms with E-state index in [4.69, 9.17) is 1.41 Å². The van der Waals surface area contributed by atoms with Crippen LogP contribution in [0, 0.1) is 13.8 Å². The van der Waals surface area contributed by atoms with Crippen molar-refractivity contribution >= 4 is 23.4 Å². The van der Waals surface area contributed by atoms with E-state index in [1.54, 1.807) is 11.9 Å². The first kappa shape index (κ1) is 14.2. The number of hydrogen-bond acceptors (Lipinski definition) is 4. The van der Waals surface area contributed by atoms with Gasteiger partial charge < -0.3 is 10.2 Å². The number of piperidine rings is 1. The molecule has 2 aliphatic heterocycles. The molecule has 1 aromatic rings. The summed E-state index contributed by atoms with van der Waals surface area (Å²) in [6.45, 7) is 4.14. The first-order valence-electron chi connectivity index (χ1n) is 8.15. The maximum Gasteiger partial charge on any atom is 0.255 e. The summed E-state index contributed by atoms with van der Waals surface area (Å²) in [7, 11) is 3.09. The quantitative estimate of drug-likeness (QED) is 0.839. The van der Waals surface area contributed by atoms with Crippen LogP contribution in [0.4, 0.5) is 5.69 Å². The van der Waals surface area contributed by atoms with Crippen LogP contribution in [-0.2, 0) is 16.1 Å². The fourth-order valence-corrected chi connectivity index (χ4v) is 3.44. The number of nitrogens with one attached hydrogen (secondary N) is 1. The Balaban J connectivity index is 2.01. The van der Waals surface area contributed by atoms with E-state index in [1.807, 2.05) is 19.9 Å². The van der Waals surface area contributed by atoms with E-state index in [-0.39, 0.29) is 24.1 Å². The van der Waals surface area contributed by atoms with Crippen LogP contribution in [0.25, 0.3) is 0 Å². The van der Waals surface area contributed by atoms with E-state index in [9.17, 15) is 14.4 Å². The summed E-state index contributed by atoms with van der Waals surface area (Å²) in [5.41, 5.74) is 3.96. The van der Waals surface area contributed by atoms with Crippen molar-refractivity contribution in [1.29, 1.82) is 0 Å². The van der Waals surface area contributed by atoms with E-state index < -0.39 is 6.04 Å². The number of hydrogen-bond donors (Lipinski definition) is 1. The molecule has 1 unspecified atom stereocenters. The first-order chi connectivity index (χ1) is 11.2. The predicted octanol–water partition coefficient (Wildman–Crippen LogP) is 1.45. The van der Waals surface area contributed by atoms with Gasteiger partial charge in [0.05, 0.1) is 0 Å². The average molecular weight is 316 g/mol. The second kappa shape index (κ2) is 5.37. The summed E-state index contributed by atoms with van der Waals surface area (Å²) in [6, 6.07) is 1.22. The van der Waals surface area contributed by atoms with Gasteiger partial charge in [-0.2, -0.15) is 0 Å². The van der Waals surface area contributed by atoms with E-state index in [0.717, 1.165) is 21.6 Å². The summed E-state index contributed by atoms with van der Waals surface area (Å²) >= 11 is 0. The molecular formula is C17H21N3O3. The lowest BCUT2D eigenvalue weighted by Crippen LogP contribution is -2.53. The first-order valence-corrected chi connectivity index (χ1v) is 7.71. The molecule has 6 heteroatoms. The normalized spacial score (nSPS) is 21.7. The maximum atomic E-state index is 12.9. The monoisotopic (exact) mass is 316 g/mol. The highest BCUT2D eigenvalue weighted by Crippen LogP contribution is 2.36. The number of nitrogens with zero attached hydrogens (tertiary/aromatic N) is 2. The molecule has 1 fully saturated rings. The van der Waals surface area contributed by atoms with Gasteiger partial charge in [-0.25, -0.2) is 0 Å². The van der Waals surface area contributed by atoms with Gasteiger partial charge in [0.1, 0.15) is 6.04 Å². The molecule has 3 rings (SSSR count). The highest BCUT2D eigenvalue weighted by atomic mass is 16.2. The van der Waals surface area contributed by atoms with Crippen LogP contribution in [0.2, 0.25) is 1.41 Å². The summed E-state index contributed by atoms with van der Waals surface area (Å²) in [5.74, 6) is -0.738. The summed E-state index contributed by atoms with van der Waals surface area (Å²) < 4.78 is 7.98. The van der Waals surface area contributed by atoms with Crippen molar-refractivity contribution in [2.75, 3.05) is 19.4 Å². The maximum absolute atomic E-state index is 12.9. The van der Waals surface area contributed by atoms with Crippen molar-refractivity contribution < 1.29 is 15.8 Å². The van der Waals surface area contributed by atoms with Crippen molar-refractivity contribution in [3.63, 3.8) is 0 Å². The third-order valence-electron chi connectivity index (χ3n) is 4.96. The van der Waals surface area contributed by atoms with Gasteiger partial charge in [0, 0.05) is 43.9 Å². The molecule has 1 aromatic carbocycles. The average Bonchev–Trinajstić information content (AvgIpc) is 2.82. The Morgan fingerprint density at radius 3 is 2.65 bits per heavy atom. The van der Waals surface area contributed by atoms with Gasteiger partial charge in [-0.1, -0.05) is 0 Å². The number of fused-ring (bicyclic) bond motifs is 1. The van der Waals surface area contributed by atoms with Crippen molar-refractivity contribution in [3.8, 4) is 0 Å². The predicted molar refractivity (Wildman–Crippen MR) is 86.1 cm³/mol. The standard InChI is InChI=1S/C17H21N3O3/c1-9-7-11-12(15(18-3)10(9)2)8-20(16(11)22)13-5-6-14(21)19(4)17(13)23/h7,13,18H,5-6,8H2,1-4H3/i/hD. The SMILES string of the molecule is [2H]N(C)c1c(C)c(C)cc2c1CN(C1CCC(=O)N(C)C1=O)C2=O. The number of likely N-dealkylation sites (tertiary alicyclic amines) is 1. The summed E-state index contributed by atoms with van der Waals surface area (Å²) in [6.07, 6.45) is 0.613. The number of likely N-dealkylation sites (N-methyl/N-ethyl adjacent to an activating group) is 1. The van der Waals surface area contributed by atoms with Crippen LogP contribution in [0.1, 0.15) is 39.9 Å². The number of imide groups is 1. The third-order valence-corrected chi connectivity index (χ3v) is 4.96. The van der Waals surface area contributed by atoms with Gasteiger partial charge in [-0.05, 0) is 37.5 Å². The zero-order chi connectivity index (χ0) is 17.8. The lowest BCUT2D eigenvalue weighted by atomic mass is 9.98. The van der Waals surface area contributed by atoms with Gasteiger partial charge in [0.15, 0.2) is 1.41 Å². The molecule has 122 valence electrons. The van der Waals surface area contributed by atoms with E-state index in [0.29, 0.717) is 24.2 Å². The Bertz CT molecular complexity index is 760. The number of anilines is 1. The zero-order valence-corrected chi connectivity index (χ0v) is 13.8. The van der Waals surface area contributed by atoms with Crippen LogP contribution in [-0.4, -0.2) is 47.7 Å². The number of rotatable bonds is 2. The Hall–Kier alpha value is -2.37. The second-order valence-electron chi connectivity index (χ2n) is 6.20. The van der Waals surface area contributed by atoms with Crippen molar-refractivity contribution in [3.05, 3.63) is 28.3 Å². The van der Waals surface area contributed by atoms with Crippen LogP contribution < -0.4 is 5.31 Å². The van der Waals surface area contributed by atoms with Crippen molar-refractivity contribution in [2.24, 2.45) is 0 Å². The minimum absolute atomic E-state index is 0.197. The number of amides is 3. The molecule has 6 nitrogen and oxygen atoms in total. The largest absolute Gasteiger partial charge is 0.388 e. The van der Waals surface area contributed by atoms with E-state index >= 15 is 0 Å². The molecule has 0 aromatic heterocycles. The zero-order valence-electron chi connectivity index (χ0n) is 14.8. The molecule has 3 amide bonds. The minimum atomic E-state index is -0.614. The van der Waals surface area contributed by atoms with Gasteiger partial charge >= 0.3 is 0 Å². The fraction of sp³-hybridized carbons (Fsp3) is 0.471. The molecule has 2 aliphatic rings. The molecule has 0 saturated carbocycles. The highest BCUT2D eigenvalue weighted by molar-refractivity contribution is 6.06. The van der Waals surface area contributed by atoms with Gasteiger partial charge in [0.2, 0.25) is 5.91 Å².